The smallest absolute Gasteiger partial charge is 0.395 e. The van der Waals surface area contributed by atoms with E-state index in [0.29, 0.717) is 6.07 Å². The summed E-state index contributed by atoms with van der Waals surface area (Å²) in [6.45, 7) is 0. The van der Waals surface area contributed by atoms with Crippen LogP contribution in [0.4, 0.5) is 18.9 Å². The van der Waals surface area contributed by atoms with Crippen molar-refractivity contribution in [2.24, 2.45) is 0 Å². The maximum absolute atomic E-state index is 13.7. The van der Waals surface area contributed by atoms with Crippen molar-refractivity contribution in [1.29, 1.82) is 15.8 Å². The van der Waals surface area contributed by atoms with E-state index in [1.165, 1.54) is 18.2 Å². The minimum Gasteiger partial charge on any atom is -0.395 e. The second kappa shape index (κ2) is 4.95. The van der Waals surface area contributed by atoms with Gasteiger partial charge < -0.3 is 14.8 Å². The largest absolute Gasteiger partial charge is 0.586 e. The van der Waals surface area contributed by atoms with Crippen molar-refractivity contribution in [3.63, 3.8) is 0 Å². The van der Waals surface area contributed by atoms with Crippen LogP contribution >= 0.6 is 0 Å². The summed E-state index contributed by atoms with van der Waals surface area (Å²) in [5, 5.41) is 28.3. The monoisotopic (exact) mass is 292 g/mol. The fourth-order valence-corrected chi connectivity index (χ4v) is 1.49. The predicted molar refractivity (Wildman–Crippen MR) is 60.1 cm³/mol. The first kappa shape index (κ1) is 14.0. The van der Waals surface area contributed by atoms with E-state index >= 15 is 0 Å². The van der Waals surface area contributed by atoms with Crippen LogP contribution in [0.25, 0.3) is 0 Å². The van der Waals surface area contributed by atoms with Crippen LogP contribution in [-0.4, -0.2) is 6.29 Å². The van der Waals surface area contributed by atoms with Crippen molar-refractivity contribution >= 4 is 5.69 Å². The molecule has 0 saturated carbocycles. The third kappa shape index (κ3) is 2.65. The summed E-state index contributed by atoms with van der Waals surface area (Å²) in [6, 6.07) is 5.85. The first-order valence-corrected chi connectivity index (χ1v) is 5.21. The highest BCUT2D eigenvalue weighted by Crippen LogP contribution is 2.43. The SMILES string of the molecule is N#CC(C#N)=C(C#N)Nc1cc2c(cc1F)OC(F)(F)O2. The number of nitrogens with one attached hydrogen (secondary N) is 1. The van der Waals surface area contributed by atoms with Gasteiger partial charge in [-0.1, -0.05) is 0 Å². The molecule has 1 heterocycles. The van der Waals surface area contributed by atoms with Gasteiger partial charge in [0.15, 0.2) is 22.9 Å². The molecule has 6 nitrogen and oxygen atoms in total. The molecular formula is C12H3F3N4O2. The van der Waals surface area contributed by atoms with Crippen LogP contribution in [0.2, 0.25) is 0 Å². The number of halogens is 3. The van der Waals surface area contributed by atoms with Gasteiger partial charge >= 0.3 is 6.29 Å². The Morgan fingerprint density at radius 1 is 1.05 bits per heavy atom. The van der Waals surface area contributed by atoms with Gasteiger partial charge in [0.2, 0.25) is 0 Å². The summed E-state index contributed by atoms with van der Waals surface area (Å²) in [7, 11) is 0. The Balaban J connectivity index is 2.41. The quantitative estimate of drug-likeness (QED) is 0.839. The summed E-state index contributed by atoms with van der Waals surface area (Å²) >= 11 is 0. The first-order chi connectivity index (χ1) is 9.90. The van der Waals surface area contributed by atoms with Gasteiger partial charge in [0.05, 0.1) is 5.69 Å². The molecule has 0 fully saturated rings. The molecule has 0 aromatic heterocycles. The zero-order valence-corrected chi connectivity index (χ0v) is 9.95. The van der Waals surface area contributed by atoms with Crippen LogP contribution < -0.4 is 14.8 Å². The van der Waals surface area contributed by atoms with Crippen molar-refractivity contribution in [3.05, 3.63) is 29.2 Å². The minimum absolute atomic E-state index is 0.422. The van der Waals surface area contributed by atoms with Gasteiger partial charge in [0, 0.05) is 12.1 Å². The Labute approximate surface area is 115 Å². The van der Waals surface area contributed by atoms with Crippen molar-refractivity contribution in [1.82, 2.24) is 0 Å². The molecule has 1 aromatic rings. The van der Waals surface area contributed by atoms with E-state index in [2.05, 4.69) is 14.8 Å². The molecule has 0 amide bonds. The molecule has 0 bridgehead atoms. The van der Waals surface area contributed by atoms with Gasteiger partial charge in [-0.3, -0.25) is 0 Å². The number of hydrogen-bond acceptors (Lipinski definition) is 6. The molecule has 9 heteroatoms. The summed E-state index contributed by atoms with van der Waals surface area (Å²) in [5.41, 5.74) is -1.53. The van der Waals surface area contributed by atoms with E-state index in [9.17, 15) is 13.2 Å². The number of rotatable bonds is 2. The molecule has 104 valence electrons. The zero-order chi connectivity index (χ0) is 15.6. The molecule has 21 heavy (non-hydrogen) atoms. The number of alkyl halides is 2. The number of allylic oxidation sites excluding steroid dienone is 2. The lowest BCUT2D eigenvalue weighted by Crippen LogP contribution is -2.25. The molecule has 0 spiro atoms. The number of nitrogens with zero attached hydrogens (tertiary/aromatic N) is 3. The average Bonchev–Trinajstić information content (AvgIpc) is 2.72. The van der Waals surface area contributed by atoms with E-state index in [4.69, 9.17) is 15.8 Å². The molecule has 2 rings (SSSR count). The van der Waals surface area contributed by atoms with Gasteiger partial charge in [-0.15, -0.1) is 8.78 Å². The molecule has 1 aromatic carbocycles. The fraction of sp³-hybridized carbons (Fsp3) is 0.0833. The fourth-order valence-electron chi connectivity index (χ4n) is 1.49. The van der Waals surface area contributed by atoms with Gasteiger partial charge in [-0.05, 0) is 0 Å². The van der Waals surface area contributed by atoms with E-state index in [1.54, 1.807) is 0 Å². The van der Waals surface area contributed by atoms with Crippen molar-refractivity contribution in [3.8, 4) is 29.7 Å². The second-order valence-corrected chi connectivity index (χ2v) is 3.66. The highest BCUT2D eigenvalue weighted by Gasteiger charge is 2.44. The number of anilines is 1. The van der Waals surface area contributed by atoms with Crippen molar-refractivity contribution in [2.45, 2.75) is 6.29 Å². The Bertz CT molecular complexity index is 752. The topological polar surface area (TPSA) is 102 Å². The van der Waals surface area contributed by atoms with Crippen LogP contribution in [0.15, 0.2) is 23.4 Å². The highest BCUT2D eigenvalue weighted by molar-refractivity contribution is 5.63. The van der Waals surface area contributed by atoms with Crippen LogP contribution in [-0.2, 0) is 0 Å². The Morgan fingerprint density at radius 3 is 2.14 bits per heavy atom. The van der Waals surface area contributed by atoms with E-state index in [-0.39, 0.29) is 0 Å². The summed E-state index contributed by atoms with van der Waals surface area (Å²) in [5.74, 6) is -1.99. The Hall–Kier alpha value is -3.38. The van der Waals surface area contributed by atoms with Crippen LogP contribution in [0.1, 0.15) is 0 Å². The molecule has 1 N–H and O–H groups in total. The van der Waals surface area contributed by atoms with Gasteiger partial charge in [-0.25, -0.2) is 4.39 Å². The lowest BCUT2D eigenvalue weighted by Gasteiger charge is -2.06. The Morgan fingerprint density at radius 2 is 1.62 bits per heavy atom. The third-order valence-electron chi connectivity index (χ3n) is 2.34. The normalized spacial score (nSPS) is 13.5. The minimum atomic E-state index is -3.91. The Kier molecular flexibility index (Phi) is 3.31. The molecule has 0 aliphatic carbocycles. The van der Waals surface area contributed by atoms with E-state index in [1.807, 2.05) is 0 Å². The van der Waals surface area contributed by atoms with Gasteiger partial charge in [-0.2, -0.15) is 15.8 Å². The second-order valence-electron chi connectivity index (χ2n) is 3.66. The molecule has 0 saturated heterocycles. The van der Waals surface area contributed by atoms with E-state index in [0.717, 1.165) is 6.07 Å². The number of ether oxygens (including phenoxy) is 2. The lowest BCUT2D eigenvalue weighted by atomic mass is 10.2. The molecule has 0 unspecified atom stereocenters. The van der Waals surface area contributed by atoms with Crippen LogP contribution in [0.5, 0.6) is 11.5 Å². The van der Waals surface area contributed by atoms with Gasteiger partial charge in [0.1, 0.15) is 23.9 Å². The molecule has 1 aliphatic heterocycles. The average molecular weight is 292 g/mol. The summed E-state index contributed by atoms with van der Waals surface area (Å²) in [6.07, 6.45) is -3.91. The number of benzene rings is 1. The number of nitriles is 3. The standard InChI is InChI=1S/C12H3F3N4O2/c13-7-1-10-11(21-12(14,15)20-10)2-8(7)19-9(5-18)6(3-16)4-17/h1-2,19H. The van der Waals surface area contributed by atoms with Crippen LogP contribution in [0, 0.1) is 39.8 Å². The summed E-state index contributed by atoms with van der Waals surface area (Å²) < 4.78 is 47.6. The first-order valence-electron chi connectivity index (χ1n) is 5.21. The maximum Gasteiger partial charge on any atom is 0.586 e. The number of hydrogen-bond donors (Lipinski definition) is 1. The van der Waals surface area contributed by atoms with Crippen LogP contribution in [0.3, 0.4) is 0 Å². The van der Waals surface area contributed by atoms with Crippen molar-refractivity contribution < 1.29 is 22.6 Å². The number of fused-ring (bicyclic) bond motifs is 1. The van der Waals surface area contributed by atoms with Gasteiger partial charge in [0.25, 0.3) is 0 Å². The molecule has 0 atom stereocenters. The third-order valence-corrected chi connectivity index (χ3v) is 2.34. The molecule has 1 aliphatic rings. The van der Waals surface area contributed by atoms with Crippen molar-refractivity contribution in [2.75, 3.05) is 5.32 Å². The zero-order valence-electron chi connectivity index (χ0n) is 9.95. The molecule has 0 radical (unpaired) electrons. The molecular weight excluding hydrogens is 289 g/mol. The maximum atomic E-state index is 13.7. The predicted octanol–water partition coefficient (Wildman–Crippen LogP) is 2.38. The lowest BCUT2D eigenvalue weighted by molar-refractivity contribution is -0.286. The van der Waals surface area contributed by atoms with E-state index < -0.39 is 40.6 Å². The summed E-state index contributed by atoms with van der Waals surface area (Å²) in [4.78, 5) is 0. The highest BCUT2D eigenvalue weighted by atomic mass is 19.3.